The van der Waals surface area contributed by atoms with Crippen molar-refractivity contribution in [3.63, 3.8) is 0 Å². The Morgan fingerprint density at radius 1 is 1.21 bits per heavy atom. The van der Waals surface area contributed by atoms with Gasteiger partial charge in [0.1, 0.15) is 5.39 Å². The minimum absolute atomic E-state index is 0.00123. The summed E-state index contributed by atoms with van der Waals surface area (Å²) < 4.78 is 1.90. The first-order valence-electron chi connectivity index (χ1n) is 10.3. The Hall–Kier alpha value is -3.11. The lowest BCUT2D eigenvalue weighted by Crippen LogP contribution is -2.23. The molecule has 0 spiro atoms. The van der Waals surface area contributed by atoms with Crippen LogP contribution in [0.4, 0.5) is 11.5 Å². The second-order valence-electron chi connectivity index (χ2n) is 7.98. The molecular weight excluding hydrogens is 364 g/mol. The molecule has 2 atom stereocenters. The van der Waals surface area contributed by atoms with E-state index >= 15 is 0 Å². The quantitative estimate of drug-likeness (QED) is 0.639. The van der Waals surface area contributed by atoms with Crippen LogP contribution in [0.25, 0.3) is 10.9 Å². The fourth-order valence-electron chi connectivity index (χ4n) is 4.69. The van der Waals surface area contributed by atoms with Gasteiger partial charge in [0.05, 0.1) is 23.5 Å². The lowest BCUT2D eigenvalue weighted by Gasteiger charge is -2.27. The minimum Gasteiger partial charge on any atom is -0.338 e. The van der Waals surface area contributed by atoms with Gasteiger partial charge in [-0.15, -0.1) is 0 Å². The average molecular weight is 388 g/mol. The monoisotopic (exact) mass is 388 g/mol. The predicted octanol–water partition coefficient (Wildman–Crippen LogP) is 3.37. The van der Waals surface area contributed by atoms with E-state index in [0.717, 1.165) is 56.4 Å². The van der Waals surface area contributed by atoms with Crippen molar-refractivity contribution in [2.75, 3.05) is 11.9 Å². The van der Waals surface area contributed by atoms with Crippen molar-refractivity contribution >= 4 is 22.4 Å². The van der Waals surface area contributed by atoms with E-state index in [1.165, 1.54) is 11.1 Å². The lowest BCUT2D eigenvalue weighted by molar-refractivity contribution is 0.277. The van der Waals surface area contributed by atoms with Crippen LogP contribution in [0, 0.1) is 17.2 Å². The SMILES string of the molecule is N#CC1CCCCC1n1nc(Nc2ccc3c(c2)CNCC3)c2c(=O)[nH]ccc21. The number of pyridine rings is 1. The van der Waals surface area contributed by atoms with Gasteiger partial charge in [-0.05, 0) is 55.1 Å². The average Bonchev–Trinajstić information content (AvgIpc) is 3.13. The Morgan fingerprint density at radius 2 is 2.10 bits per heavy atom. The molecule has 1 aliphatic carbocycles. The smallest absolute Gasteiger partial charge is 0.261 e. The van der Waals surface area contributed by atoms with Crippen LogP contribution in [-0.4, -0.2) is 21.3 Å². The highest BCUT2D eigenvalue weighted by atomic mass is 16.1. The number of rotatable bonds is 3. The maximum Gasteiger partial charge on any atom is 0.261 e. The molecule has 0 bridgehead atoms. The van der Waals surface area contributed by atoms with Crippen LogP contribution in [0.15, 0.2) is 35.3 Å². The zero-order valence-corrected chi connectivity index (χ0v) is 16.2. The standard InChI is InChI=1S/C22H24N6O/c23-12-15-3-1-2-4-18(15)28-19-8-10-25-22(29)20(19)21(27-28)26-17-6-5-14-7-9-24-13-16(14)11-17/h5-6,8,10-11,15,18,24H,1-4,7,9,13H2,(H,25,29)(H,26,27). The van der Waals surface area contributed by atoms with Gasteiger partial charge in [-0.3, -0.25) is 9.48 Å². The van der Waals surface area contributed by atoms with Crippen molar-refractivity contribution < 1.29 is 0 Å². The molecule has 0 amide bonds. The Bertz CT molecular complexity index is 1150. The summed E-state index contributed by atoms with van der Waals surface area (Å²) in [5.41, 5.74) is 4.17. The number of nitrogens with one attached hydrogen (secondary N) is 3. The van der Waals surface area contributed by atoms with Gasteiger partial charge >= 0.3 is 0 Å². The molecule has 7 nitrogen and oxygen atoms in total. The van der Waals surface area contributed by atoms with E-state index in [-0.39, 0.29) is 17.5 Å². The van der Waals surface area contributed by atoms with Gasteiger partial charge in [0.25, 0.3) is 5.56 Å². The molecule has 5 rings (SSSR count). The van der Waals surface area contributed by atoms with E-state index in [0.29, 0.717) is 11.2 Å². The third kappa shape index (κ3) is 3.19. The van der Waals surface area contributed by atoms with E-state index in [9.17, 15) is 10.1 Å². The Kier molecular flexibility index (Phi) is 4.57. The summed E-state index contributed by atoms with van der Waals surface area (Å²) in [4.78, 5) is 15.4. The molecule has 2 unspecified atom stereocenters. The van der Waals surface area contributed by atoms with Crippen LogP contribution in [-0.2, 0) is 13.0 Å². The number of aromatic nitrogens is 3. The van der Waals surface area contributed by atoms with Crippen molar-refractivity contribution in [1.82, 2.24) is 20.1 Å². The third-order valence-electron chi connectivity index (χ3n) is 6.20. The fraction of sp³-hybridized carbons (Fsp3) is 0.409. The highest BCUT2D eigenvalue weighted by Crippen LogP contribution is 2.36. The number of anilines is 2. The molecular formula is C22H24N6O. The Labute approximate surface area is 168 Å². The van der Waals surface area contributed by atoms with Crippen molar-refractivity contribution in [2.45, 2.75) is 44.7 Å². The van der Waals surface area contributed by atoms with E-state index in [4.69, 9.17) is 5.10 Å². The first-order chi connectivity index (χ1) is 14.2. The van der Waals surface area contributed by atoms with Gasteiger partial charge in [0.2, 0.25) is 0 Å². The number of hydrogen-bond donors (Lipinski definition) is 3. The Balaban J connectivity index is 1.58. The van der Waals surface area contributed by atoms with Crippen molar-refractivity contribution in [3.8, 4) is 6.07 Å². The van der Waals surface area contributed by atoms with E-state index < -0.39 is 0 Å². The fourth-order valence-corrected chi connectivity index (χ4v) is 4.69. The zero-order chi connectivity index (χ0) is 19.8. The second kappa shape index (κ2) is 7.37. The molecule has 2 aliphatic rings. The summed E-state index contributed by atoms with van der Waals surface area (Å²) in [6.45, 7) is 1.86. The predicted molar refractivity (Wildman–Crippen MR) is 112 cm³/mol. The van der Waals surface area contributed by atoms with Crippen LogP contribution in [0.3, 0.4) is 0 Å². The molecule has 148 valence electrons. The summed E-state index contributed by atoms with van der Waals surface area (Å²) in [5.74, 6) is 0.474. The van der Waals surface area contributed by atoms with Crippen LogP contribution >= 0.6 is 0 Å². The van der Waals surface area contributed by atoms with E-state index in [2.05, 4.69) is 33.8 Å². The van der Waals surface area contributed by atoms with Gasteiger partial charge < -0.3 is 15.6 Å². The second-order valence-corrected chi connectivity index (χ2v) is 7.98. The molecule has 3 heterocycles. The topological polar surface area (TPSA) is 98.5 Å². The van der Waals surface area contributed by atoms with Gasteiger partial charge in [-0.1, -0.05) is 18.9 Å². The summed E-state index contributed by atoms with van der Waals surface area (Å²) in [6.07, 6.45) is 6.63. The summed E-state index contributed by atoms with van der Waals surface area (Å²) >= 11 is 0. The number of nitrogens with zero attached hydrogens (tertiary/aromatic N) is 3. The number of nitriles is 1. The van der Waals surface area contributed by atoms with Gasteiger partial charge in [-0.25, -0.2) is 0 Å². The van der Waals surface area contributed by atoms with Crippen LogP contribution in [0.1, 0.15) is 42.9 Å². The first-order valence-corrected chi connectivity index (χ1v) is 10.3. The van der Waals surface area contributed by atoms with Crippen molar-refractivity contribution in [2.24, 2.45) is 5.92 Å². The zero-order valence-electron chi connectivity index (χ0n) is 16.2. The third-order valence-corrected chi connectivity index (χ3v) is 6.20. The van der Waals surface area contributed by atoms with Crippen LogP contribution < -0.4 is 16.2 Å². The largest absolute Gasteiger partial charge is 0.338 e. The van der Waals surface area contributed by atoms with Crippen molar-refractivity contribution in [3.05, 3.63) is 51.9 Å². The molecule has 1 saturated carbocycles. The Morgan fingerprint density at radius 3 is 3.00 bits per heavy atom. The molecule has 2 aromatic heterocycles. The lowest BCUT2D eigenvalue weighted by atomic mass is 9.85. The highest BCUT2D eigenvalue weighted by molar-refractivity contribution is 5.91. The summed E-state index contributed by atoms with van der Waals surface area (Å²) in [7, 11) is 0. The summed E-state index contributed by atoms with van der Waals surface area (Å²) in [5, 5.41) is 21.7. The minimum atomic E-state index is -0.166. The number of aromatic amines is 1. The van der Waals surface area contributed by atoms with E-state index in [1.54, 1.807) is 6.20 Å². The first kappa shape index (κ1) is 18.0. The summed E-state index contributed by atoms with van der Waals surface area (Å²) in [6, 6.07) is 10.7. The van der Waals surface area contributed by atoms with Crippen molar-refractivity contribution in [1.29, 1.82) is 5.26 Å². The van der Waals surface area contributed by atoms with Crippen LogP contribution in [0.5, 0.6) is 0 Å². The normalized spacial score (nSPS) is 21.5. The van der Waals surface area contributed by atoms with Gasteiger partial charge in [0.15, 0.2) is 5.82 Å². The molecule has 0 radical (unpaired) electrons. The molecule has 1 aliphatic heterocycles. The number of H-pyrrole nitrogens is 1. The molecule has 1 aromatic carbocycles. The van der Waals surface area contributed by atoms with Gasteiger partial charge in [0, 0.05) is 18.4 Å². The maximum atomic E-state index is 12.6. The molecule has 3 N–H and O–H groups in total. The van der Waals surface area contributed by atoms with Crippen LogP contribution in [0.2, 0.25) is 0 Å². The maximum absolute atomic E-state index is 12.6. The molecule has 7 heteroatoms. The van der Waals surface area contributed by atoms with Gasteiger partial charge in [-0.2, -0.15) is 10.4 Å². The molecule has 29 heavy (non-hydrogen) atoms. The molecule has 3 aromatic rings. The van der Waals surface area contributed by atoms with E-state index in [1.807, 2.05) is 16.8 Å². The highest BCUT2D eigenvalue weighted by Gasteiger charge is 2.29. The number of fused-ring (bicyclic) bond motifs is 2. The molecule has 1 fully saturated rings. The number of benzene rings is 1. The number of hydrogen-bond acceptors (Lipinski definition) is 5. The molecule has 0 saturated heterocycles.